The topological polar surface area (TPSA) is 78.3 Å². The van der Waals surface area contributed by atoms with Crippen LogP contribution in [0.3, 0.4) is 0 Å². The summed E-state index contributed by atoms with van der Waals surface area (Å²) in [6, 6.07) is 6.81. The van der Waals surface area contributed by atoms with Gasteiger partial charge in [0, 0.05) is 45.5 Å². The Bertz CT molecular complexity index is 842. The van der Waals surface area contributed by atoms with E-state index in [1.165, 1.54) is 17.8 Å². The molecule has 0 aliphatic carbocycles. The van der Waals surface area contributed by atoms with Gasteiger partial charge in [0.15, 0.2) is 5.16 Å². The number of nitrogens with zero attached hydrogens (tertiary/aromatic N) is 3. The fourth-order valence-corrected chi connectivity index (χ4v) is 4.60. The van der Waals surface area contributed by atoms with Gasteiger partial charge in [-0.2, -0.15) is 0 Å². The number of aryl methyl sites for hydroxylation is 1. The first-order chi connectivity index (χ1) is 15.7. The molecule has 1 atom stereocenters. The number of methoxy groups -OCH3 is 1. The Labute approximate surface area is 193 Å². The summed E-state index contributed by atoms with van der Waals surface area (Å²) < 4.78 is 26.9. The molecule has 1 aromatic heterocycles. The maximum absolute atomic E-state index is 14.0. The molecule has 2 heterocycles. The minimum absolute atomic E-state index is 0.0723. The Morgan fingerprint density at radius 2 is 2.19 bits per heavy atom. The predicted molar refractivity (Wildman–Crippen MR) is 122 cm³/mol. The molecule has 1 aliphatic rings. The first kappa shape index (κ1) is 24.7. The Kier molecular flexibility index (Phi) is 10.4. The number of rotatable bonds is 14. The number of unbranched alkanes of at least 4 members (excludes halogenated alkanes) is 1. The maximum Gasteiger partial charge on any atom is 0.219 e. The van der Waals surface area contributed by atoms with Gasteiger partial charge in [0.1, 0.15) is 11.6 Å². The van der Waals surface area contributed by atoms with Gasteiger partial charge in [-0.3, -0.25) is 4.79 Å². The van der Waals surface area contributed by atoms with E-state index in [1.54, 1.807) is 19.2 Å². The van der Waals surface area contributed by atoms with Crippen molar-refractivity contribution in [2.75, 3.05) is 26.9 Å². The van der Waals surface area contributed by atoms with Crippen molar-refractivity contribution >= 4 is 17.7 Å². The van der Waals surface area contributed by atoms with Crippen LogP contribution in [0.2, 0.25) is 0 Å². The standard InChI is InChI=1S/C23H33FN4O3S/c1-30-14-7-13-25-22(29)12-5-4-11-21-26-27-23(28(21)16-19-9-6-15-31-19)32-17-18-8-2-3-10-20(18)24/h2-3,8,10,19H,4-7,9,11-17H2,1H3,(H,25,29). The van der Waals surface area contributed by atoms with Crippen molar-refractivity contribution in [3.63, 3.8) is 0 Å². The Balaban J connectivity index is 1.52. The van der Waals surface area contributed by atoms with E-state index in [9.17, 15) is 9.18 Å². The fraction of sp³-hybridized carbons (Fsp3) is 0.609. The lowest BCUT2D eigenvalue weighted by Gasteiger charge is -2.15. The Hall–Kier alpha value is -1.97. The highest BCUT2D eigenvalue weighted by Crippen LogP contribution is 2.26. The average Bonchev–Trinajstić information content (AvgIpc) is 3.44. The van der Waals surface area contributed by atoms with Crippen LogP contribution in [0, 0.1) is 5.82 Å². The molecule has 32 heavy (non-hydrogen) atoms. The van der Waals surface area contributed by atoms with Crippen LogP contribution >= 0.6 is 11.8 Å². The molecule has 0 bridgehead atoms. The van der Waals surface area contributed by atoms with Crippen LogP contribution in [0.15, 0.2) is 29.4 Å². The molecule has 1 amide bonds. The molecule has 9 heteroatoms. The van der Waals surface area contributed by atoms with Crippen molar-refractivity contribution in [2.45, 2.75) is 68.5 Å². The molecule has 2 aromatic rings. The normalized spacial score (nSPS) is 15.9. The molecule has 0 spiro atoms. The third-order valence-electron chi connectivity index (χ3n) is 5.42. The average molecular weight is 465 g/mol. The molecule has 0 radical (unpaired) electrons. The summed E-state index contributed by atoms with van der Waals surface area (Å²) in [4.78, 5) is 11.9. The fourth-order valence-electron chi connectivity index (χ4n) is 3.65. The third kappa shape index (κ3) is 7.86. The molecule has 3 rings (SSSR count). The van der Waals surface area contributed by atoms with E-state index in [0.29, 0.717) is 37.4 Å². The lowest BCUT2D eigenvalue weighted by molar-refractivity contribution is -0.121. The Morgan fingerprint density at radius 3 is 2.97 bits per heavy atom. The molecular formula is C23H33FN4O3S. The smallest absolute Gasteiger partial charge is 0.219 e. The summed E-state index contributed by atoms with van der Waals surface area (Å²) in [5, 5.41) is 12.5. The second-order valence-electron chi connectivity index (χ2n) is 7.93. The lowest BCUT2D eigenvalue weighted by atomic mass is 10.1. The lowest BCUT2D eigenvalue weighted by Crippen LogP contribution is -2.24. The van der Waals surface area contributed by atoms with Gasteiger partial charge in [0.2, 0.25) is 5.91 Å². The molecule has 1 unspecified atom stereocenters. The molecule has 1 fully saturated rings. The zero-order valence-electron chi connectivity index (χ0n) is 18.7. The van der Waals surface area contributed by atoms with Crippen molar-refractivity contribution in [1.82, 2.24) is 20.1 Å². The molecule has 1 saturated heterocycles. The number of thioether (sulfide) groups is 1. The van der Waals surface area contributed by atoms with Crippen molar-refractivity contribution in [3.05, 3.63) is 41.5 Å². The van der Waals surface area contributed by atoms with E-state index < -0.39 is 0 Å². The van der Waals surface area contributed by atoms with Crippen LogP contribution in [0.1, 0.15) is 49.9 Å². The van der Waals surface area contributed by atoms with Crippen molar-refractivity contribution < 1.29 is 18.7 Å². The maximum atomic E-state index is 14.0. The number of aromatic nitrogens is 3. The van der Waals surface area contributed by atoms with Gasteiger partial charge in [-0.25, -0.2) is 4.39 Å². The van der Waals surface area contributed by atoms with Crippen LogP contribution < -0.4 is 5.32 Å². The molecule has 7 nitrogen and oxygen atoms in total. The second-order valence-corrected chi connectivity index (χ2v) is 8.87. The van der Waals surface area contributed by atoms with Gasteiger partial charge < -0.3 is 19.4 Å². The first-order valence-corrected chi connectivity index (χ1v) is 12.3. The van der Waals surface area contributed by atoms with E-state index in [2.05, 4.69) is 20.1 Å². The van der Waals surface area contributed by atoms with E-state index >= 15 is 0 Å². The molecule has 1 aliphatic heterocycles. The minimum atomic E-state index is -0.203. The van der Waals surface area contributed by atoms with Gasteiger partial charge in [-0.1, -0.05) is 30.0 Å². The number of carbonyl (C=O) groups is 1. The van der Waals surface area contributed by atoms with Gasteiger partial charge in [0.05, 0.1) is 12.6 Å². The van der Waals surface area contributed by atoms with E-state index in [0.717, 1.165) is 56.1 Å². The number of halogens is 1. The highest BCUT2D eigenvalue weighted by molar-refractivity contribution is 7.98. The van der Waals surface area contributed by atoms with Gasteiger partial charge >= 0.3 is 0 Å². The zero-order chi connectivity index (χ0) is 22.6. The van der Waals surface area contributed by atoms with Crippen molar-refractivity contribution in [1.29, 1.82) is 0 Å². The number of hydrogen-bond donors (Lipinski definition) is 1. The summed E-state index contributed by atoms with van der Waals surface area (Å²) in [7, 11) is 1.66. The molecule has 1 N–H and O–H groups in total. The van der Waals surface area contributed by atoms with Gasteiger partial charge in [0.25, 0.3) is 0 Å². The summed E-state index contributed by atoms with van der Waals surface area (Å²) in [6.45, 7) is 2.80. The van der Waals surface area contributed by atoms with Crippen molar-refractivity contribution in [2.24, 2.45) is 0 Å². The third-order valence-corrected chi connectivity index (χ3v) is 6.44. The first-order valence-electron chi connectivity index (χ1n) is 11.3. The quantitative estimate of drug-likeness (QED) is 0.339. The van der Waals surface area contributed by atoms with Crippen LogP contribution in [-0.4, -0.2) is 53.6 Å². The number of benzene rings is 1. The highest BCUT2D eigenvalue weighted by Gasteiger charge is 2.21. The zero-order valence-corrected chi connectivity index (χ0v) is 19.5. The number of amides is 1. The Morgan fingerprint density at radius 1 is 1.31 bits per heavy atom. The number of nitrogens with one attached hydrogen (secondary N) is 1. The van der Waals surface area contributed by atoms with E-state index in [-0.39, 0.29) is 17.8 Å². The molecule has 176 valence electrons. The highest BCUT2D eigenvalue weighted by atomic mass is 32.2. The predicted octanol–water partition coefficient (Wildman–Crippen LogP) is 3.75. The van der Waals surface area contributed by atoms with Crippen LogP contribution in [0.5, 0.6) is 0 Å². The van der Waals surface area contributed by atoms with Gasteiger partial charge in [-0.05, 0) is 43.7 Å². The number of carbonyl (C=O) groups excluding carboxylic acids is 1. The van der Waals surface area contributed by atoms with Crippen LogP contribution in [0.25, 0.3) is 0 Å². The summed E-state index contributed by atoms with van der Waals surface area (Å²) in [6.07, 6.45) is 5.97. The SMILES string of the molecule is COCCCNC(=O)CCCCc1nnc(SCc2ccccc2F)n1CC1CCCO1. The van der Waals surface area contributed by atoms with Crippen LogP contribution in [-0.2, 0) is 33.0 Å². The van der Waals surface area contributed by atoms with Gasteiger partial charge in [-0.15, -0.1) is 10.2 Å². The minimum Gasteiger partial charge on any atom is -0.385 e. The molecule has 0 saturated carbocycles. The largest absolute Gasteiger partial charge is 0.385 e. The van der Waals surface area contributed by atoms with E-state index in [4.69, 9.17) is 9.47 Å². The van der Waals surface area contributed by atoms with Crippen molar-refractivity contribution in [3.8, 4) is 0 Å². The summed E-state index contributed by atoms with van der Waals surface area (Å²) >= 11 is 1.50. The summed E-state index contributed by atoms with van der Waals surface area (Å²) in [5.41, 5.74) is 0.655. The van der Waals surface area contributed by atoms with Crippen LogP contribution in [0.4, 0.5) is 4.39 Å². The second kappa shape index (κ2) is 13.5. The molecular weight excluding hydrogens is 431 g/mol. The number of hydrogen-bond acceptors (Lipinski definition) is 6. The molecule has 1 aromatic carbocycles. The van der Waals surface area contributed by atoms with E-state index in [1.807, 2.05) is 6.07 Å². The number of ether oxygens (including phenoxy) is 2. The summed E-state index contributed by atoms with van der Waals surface area (Å²) in [5.74, 6) is 1.27. The monoisotopic (exact) mass is 464 g/mol.